The molecule has 7 heteroatoms. The summed E-state index contributed by atoms with van der Waals surface area (Å²) in [6.45, 7) is 0. The first-order chi connectivity index (χ1) is 8.54. The molecule has 18 heavy (non-hydrogen) atoms. The molecule has 2 aromatic rings. The van der Waals surface area contributed by atoms with Crippen LogP contribution in [0.25, 0.3) is 0 Å². The topological polar surface area (TPSA) is 68.1 Å². The Balaban J connectivity index is 2.31. The summed E-state index contributed by atoms with van der Waals surface area (Å²) in [5.41, 5.74) is 0.547. The second-order valence-electron chi connectivity index (χ2n) is 3.43. The Morgan fingerprint density at radius 1 is 1.22 bits per heavy atom. The first-order valence-electron chi connectivity index (χ1n) is 4.89. The van der Waals surface area contributed by atoms with E-state index in [1.54, 1.807) is 24.3 Å². The van der Waals surface area contributed by atoms with Gasteiger partial charge in [0, 0.05) is 10.7 Å². The van der Waals surface area contributed by atoms with Crippen molar-refractivity contribution < 1.29 is 4.92 Å². The highest BCUT2D eigenvalue weighted by Crippen LogP contribution is 2.24. The minimum Gasteiger partial charge on any atom is -0.340 e. The number of halogens is 2. The maximum atomic E-state index is 10.7. The number of hydrogen-bond acceptors (Lipinski definition) is 4. The van der Waals surface area contributed by atoms with Crippen molar-refractivity contribution in [3.63, 3.8) is 0 Å². The van der Waals surface area contributed by atoms with E-state index in [0.29, 0.717) is 10.7 Å². The van der Waals surface area contributed by atoms with Gasteiger partial charge in [-0.15, -0.1) is 0 Å². The van der Waals surface area contributed by atoms with Gasteiger partial charge in [0.2, 0.25) is 0 Å². The van der Waals surface area contributed by atoms with Gasteiger partial charge in [-0.05, 0) is 18.2 Å². The van der Waals surface area contributed by atoms with E-state index in [-0.39, 0.29) is 16.7 Å². The van der Waals surface area contributed by atoms with Gasteiger partial charge in [-0.25, -0.2) is 4.98 Å². The van der Waals surface area contributed by atoms with Gasteiger partial charge in [0.25, 0.3) is 5.69 Å². The summed E-state index contributed by atoms with van der Waals surface area (Å²) >= 11 is 11.5. The van der Waals surface area contributed by atoms with Gasteiger partial charge in [-0.3, -0.25) is 10.1 Å². The molecule has 0 bridgehead atoms. The van der Waals surface area contributed by atoms with E-state index in [1.807, 2.05) is 0 Å². The standard InChI is InChI=1S/C11H7Cl2N3O2/c12-7-2-1-3-8(4-7)14-11-6-9(16(17)18)5-10(13)15-11/h1-6H,(H,14,15). The van der Waals surface area contributed by atoms with Crippen molar-refractivity contribution in [2.75, 3.05) is 5.32 Å². The van der Waals surface area contributed by atoms with Crippen molar-refractivity contribution in [3.05, 3.63) is 56.7 Å². The van der Waals surface area contributed by atoms with Crippen LogP contribution in [0.3, 0.4) is 0 Å². The predicted octanol–water partition coefficient (Wildman–Crippen LogP) is 4.04. The monoisotopic (exact) mass is 283 g/mol. The molecule has 0 fully saturated rings. The van der Waals surface area contributed by atoms with Gasteiger partial charge in [0.1, 0.15) is 11.0 Å². The maximum absolute atomic E-state index is 10.7. The molecule has 0 aliphatic carbocycles. The Hall–Kier alpha value is -1.85. The number of pyridine rings is 1. The fourth-order valence-electron chi connectivity index (χ4n) is 1.37. The highest BCUT2D eigenvalue weighted by molar-refractivity contribution is 6.31. The molecular formula is C11H7Cl2N3O2. The van der Waals surface area contributed by atoms with Crippen molar-refractivity contribution in [1.82, 2.24) is 4.98 Å². The van der Waals surface area contributed by atoms with E-state index in [0.717, 1.165) is 0 Å². The van der Waals surface area contributed by atoms with Crippen LogP contribution in [0.4, 0.5) is 17.2 Å². The van der Waals surface area contributed by atoms with E-state index in [2.05, 4.69) is 10.3 Å². The molecule has 0 spiro atoms. The molecule has 0 aliphatic rings. The van der Waals surface area contributed by atoms with Crippen LogP contribution in [-0.2, 0) is 0 Å². The van der Waals surface area contributed by atoms with Gasteiger partial charge in [-0.2, -0.15) is 0 Å². The smallest absolute Gasteiger partial charge is 0.276 e. The number of nitrogens with zero attached hydrogens (tertiary/aromatic N) is 2. The predicted molar refractivity (Wildman–Crippen MR) is 70.6 cm³/mol. The fraction of sp³-hybridized carbons (Fsp3) is 0. The third-order valence-corrected chi connectivity index (χ3v) is 2.52. The third-order valence-electron chi connectivity index (χ3n) is 2.09. The first kappa shape index (κ1) is 12.6. The first-order valence-corrected chi connectivity index (χ1v) is 5.65. The maximum Gasteiger partial charge on any atom is 0.276 e. The van der Waals surface area contributed by atoms with Crippen LogP contribution >= 0.6 is 23.2 Å². The molecule has 1 N–H and O–H groups in total. The number of nitrogens with one attached hydrogen (secondary N) is 1. The van der Waals surface area contributed by atoms with Gasteiger partial charge in [-0.1, -0.05) is 29.3 Å². The molecular weight excluding hydrogens is 277 g/mol. The van der Waals surface area contributed by atoms with Crippen molar-refractivity contribution in [2.24, 2.45) is 0 Å². The number of aromatic nitrogens is 1. The molecule has 0 unspecified atom stereocenters. The molecule has 5 nitrogen and oxygen atoms in total. The van der Waals surface area contributed by atoms with Crippen LogP contribution in [0, 0.1) is 10.1 Å². The summed E-state index contributed by atoms with van der Waals surface area (Å²) in [6, 6.07) is 9.40. The highest BCUT2D eigenvalue weighted by Gasteiger charge is 2.10. The number of rotatable bonds is 3. The molecule has 1 aromatic carbocycles. The molecule has 0 aliphatic heterocycles. The van der Waals surface area contributed by atoms with E-state index in [1.165, 1.54) is 12.1 Å². The van der Waals surface area contributed by atoms with E-state index in [4.69, 9.17) is 23.2 Å². The van der Waals surface area contributed by atoms with Crippen molar-refractivity contribution in [1.29, 1.82) is 0 Å². The summed E-state index contributed by atoms with van der Waals surface area (Å²) < 4.78 is 0. The largest absolute Gasteiger partial charge is 0.340 e. The van der Waals surface area contributed by atoms with Gasteiger partial charge in [0.05, 0.1) is 17.1 Å². The quantitative estimate of drug-likeness (QED) is 0.524. The minimum atomic E-state index is -0.531. The van der Waals surface area contributed by atoms with Crippen LogP contribution in [0.2, 0.25) is 10.2 Å². The minimum absolute atomic E-state index is 0.0497. The molecule has 0 atom stereocenters. The van der Waals surface area contributed by atoms with Crippen LogP contribution in [0.5, 0.6) is 0 Å². The Kier molecular flexibility index (Phi) is 3.64. The Bertz CT molecular complexity index is 605. The third kappa shape index (κ3) is 3.09. The Morgan fingerprint density at radius 2 is 2.00 bits per heavy atom. The van der Waals surface area contributed by atoms with Crippen molar-refractivity contribution >= 4 is 40.4 Å². The summed E-state index contributed by atoms with van der Waals surface area (Å²) in [5.74, 6) is 0.288. The number of nitro groups is 1. The molecule has 0 saturated carbocycles. The van der Waals surface area contributed by atoms with Crippen molar-refractivity contribution in [2.45, 2.75) is 0 Å². The van der Waals surface area contributed by atoms with Crippen LogP contribution in [0.15, 0.2) is 36.4 Å². The van der Waals surface area contributed by atoms with E-state index >= 15 is 0 Å². The summed E-state index contributed by atoms with van der Waals surface area (Å²) in [5, 5.41) is 14.2. The Morgan fingerprint density at radius 3 is 2.67 bits per heavy atom. The number of hydrogen-bond donors (Lipinski definition) is 1. The van der Waals surface area contributed by atoms with Gasteiger partial charge < -0.3 is 5.32 Å². The second kappa shape index (κ2) is 5.20. The summed E-state index contributed by atoms with van der Waals surface area (Å²) in [7, 11) is 0. The van der Waals surface area contributed by atoms with E-state index in [9.17, 15) is 10.1 Å². The van der Waals surface area contributed by atoms with Gasteiger partial charge >= 0.3 is 0 Å². The Labute approximate surface area is 113 Å². The lowest BCUT2D eigenvalue weighted by Crippen LogP contribution is -1.96. The fourth-order valence-corrected chi connectivity index (χ4v) is 1.76. The summed E-state index contributed by atoms with van der Waals surface area (Å²) in [4.78, 5) is 14.1. The molecule has 0 radical (unpaired) electrons. The second-order valence-corrected chi connectivity index (χ2v) is 4.25. The molecule has 1 heterocycles. The molecule has 2 rings (SSSR count). The average Bonchev–Trinajstić information content (AvgIpc) is 2.28. The van der Waals surface area contributed by atoms with Crippen LogP contribution in [-0.4, -0.2) is 9.91 Å². The zero-order chi connectivity index (χ0) is 13.1. The molecule has 0 saturated heterocycles. The van der Waals surface area contributed by atoms with Crippen LogP contribution in [0.1, 0.15) is 0 Å². The number of benzene rings is 1. The molecule has 92 valence electrons. The SMILES string of the molecule is O=[N+]([O-])c1cc(Cl)nc(Nc2cccc(Cl)c2)c1. The van der Waals surface area contributed by atoms with E-state index < -0.39 is 4.92 Å². The zero-order valence-corrected chi connectivity index (χ0v) is 10.4. The zero-order valence-electron chi connectivity index (χ0n) is 8.93. The van der Waals surface area contributed by atoms with Gasteiger partial charge in [0.15, 0.2) is 0 Å². The van der Waals surface area contributed by atoms with Crippen LogP contribution < -0.4 is 5.32 Å². The average molecular weight is 284 g/mol. The lowest BCUT2D eigenvalue weighted by atomic mass is 10.3. The number of anilines is 2. The normalized spacial score (nSPS) is 10.1. The molecule has 0 amide bonds. The van der Waals surface area contributed by atoms with Crippen molar-refractivity contribution in [3.8, 4) is 0 Å². The lowest BCUT2D eigenvalue weighted by Gasteiger charge is -2.06. The summed E-state index contributed by atoms with van der Waals surface area (Å²) in [6.07, 6.45) is 0. The highest BCUT2D eigenvalue weighted by atomic mass is 35.5. The molecule has 1 aromatic heterocycles. The lowest BCUT2D eigenvalue weighted by molar-refractivity contribution is -0.384.